The van der Waals surface area contributed by atoms with Gasteiger partial charge in [0.2, 0.25) is 0 Å². The van der Waals surface area contributed by atoms with E-state index in [4.69, 9.17) is 0 Å². The first-order valence-corrected chi connectivity index (χ1v) is 5.84. The molecule has 0 aliphatic rings. The molecule has 18 heavy (non-hydrogen) atoms. The Balaban J connectivity index is 2.59. The molecule has 0 spiro atoms. The standard InChI is InChI=1S/C14H18N2O2/c1-4-9-15-13(17)14(18)16-12-7-5-11(6-8-12)10(2)3/h4-8,10H,1,9H2,2-3H3,(H,15,17)(H,16,18). The minimum absolute atomic E-state index is 0.276. The summed E-state index contributed by atoms with van der Waals surface area (Å²) in [6.07, 6.45) is 1.52. The predicted molar refractivity (Wildman–Crippen MR) is 72.4 cm³/mol. The van der Waals surface area contributed by atoms with Crippen LogP contribution in [-0.4, -0.2) is 18.4 Å². The fourth-order valence-electron chi connectivity index (χ4n) is 1.38. The first kappa shape index (κ1) is 14.0. The highest BCUT2D eigenvalue weighted by molar-refractivity contribution is 6.39. The van der Waals surface area contributed by atoms with Crippen molar-refractivity contribution in [2.75, 3.05) is 11.9 Å². The molecule has 0 atom stereocenters. The zero-order valence-corrected chi connectivity index (χ0v) is 10.7. The van der Waals surface area contributed by atoms with Gasteiger partial charge in [-0.3, -0.25) is 9.59 Å². The third-order valence-electron chi connectivity index (χ3n) is 2.45. The highest BCUT2D eigenvalue weighted by Gasteiger charge is 2.12. The van der Waals surface area contributed by atoms with Crippen molar-refractivity contribution in [2.24, 2.45) is 0 Å². The Morgan fingerprint density at radius 1 is 1.22 bits per heavy atom. The van der Waals surface area contributed by atoms with Gasteiger partial charge in [-0.25, -0.2) is 0 Å². The summed E-state index contributed by atoms with van der Waals surface area (Å²) in [4.78, 5) is 22.8. The van der Waals surface area contributed by atoms with Crippen molar-refractivity contribution < 1.29 is 9.59 Å². The number of benzene rings is 1. The van der Waals surface area contributed by atoms with E-state index in [2.05, 4.69) is 31.1 Å². The fourth-order valence-corrected chi connectivity index (χ4v) is 1.38. The van der Waals surface area contributed by atoms with Gasteiger partial charge >= 0.3 is 11.8 Å². The molecule has 2 amide bonds. The SMILES string of the molecule is C=CCNC(=O)C(=O)Nc1ccc(C(C)C)cc1. The molecule has 0 heterocycles. The van der Waals surface area contributed by atoms with Crippen LogP contribution in [0.3, 0.4) is 0 Å². The first-order chi connectivity index (χ1) is 8.54. The van der Waals surface area contributed by atoms with Gasteiger partial charge in [-0.05, 0) is 23.6 Å². The molecular formula is C14H18N2O2. The number of rotatable bonds is 4. The molecule has 1 rings (SSSR count). The Kier molecular flexibility index (Phi) is 5.11. The van der Waals surface area contributed by atoms with E-state index < -0.39 is 11.8 Å². The highest BCUT2D eigenvalue weighted by atomic mass is 16.2. The third-order valence-corrected chi connectivity index (χ3v) is 2.45. The van der Waals surface area contributed by atoms with Crippen LogP contribution in [0.1, 0.15) is 25.3 Å². The van der Waals surface area contributed by atoms with Gasteiger partial charge in [-0.1, -0.05) is 32.1 Å². The van der Waals surface area contributed by atoms with E-state index in [1.807, 2.05) is 12.1 Å². The minimum Gasteiger partial charge on any atom is -0.344 e. The van der Waals surface area contributed by atoms with Crippen LogP contribution in [0, 0.1) is 0 Å². The second-order valence-corrected chi connectivity index (χ2v) is 4.23. The number of anilines is 1. The maximum atomic E-state index is 11.5. The van der Waals surface area contributed by atoms with Crippen molar-refractivity contribution in [1.82, 2.24) is 5.32 Å². The Morgan fingerprint density at radius 2 is 1.83 bits per heavy atom. The lowest BCUT2D eigenvalue weighted by Crippen LogP contribution is -2.35. The van der Waals surface area contributed by atoms with Crippen LogP contribution in [0.4, 0.5) is 5.69 Å². The summed E-state index contributed by atoms with van der Waals surface area (Å²) in [7, 11) is 0. The van der Waals surface area contributed by atoms with Gasteiger partial charge in [0, 0.05) is 12.2 Å². The largest absolute Gasteiger partial charge is 0.344 e. The van der Waals surface area contributed by atoms with E-state index >= 15 is 0 Å². The Labute approximate surface area is 107 Å². The fraction of sp³-hybridized carbons (Fsp3) is 0.286. The first-order valence-electron chi connectivity index (χ1n) is 5.84. The van der Waals surface area contributed by atoms with Gasteiger partial charge in [-0.15, -0.1) is 6.58 Å². The van der Waals surface area contributed by atoms with Crippen molar-refractivity contribution in [3.05, 3.63) is 42.5 Å². The number of carbonyl (C=O) groups excluding carboxylic acids is 2. The lowest BCUT2D eigenvalue weighted by Gasteiger charge is -2.08. The van der Waals surface area contributed by atoms with Crippen molar-refractivity contribution in [2.45, 2.75) is 19.8 Å². The van der Waals surface area contributed by atoms with Crippen molar-refractivity contribution >= 4 is 17.5 Å². The minimum atomic E-state index is -0.672. The summed E-state index contributed by atoms with van der Waals surface area (Å²) in [6.45, 7) is 7.92. The molecule has 0 bridgehead atoms. The normalized spacial score (nSPS) is 9.94. The molecule has 0 aromatic heterocycles. The maximum absolute atomic E-state index is 11.5. The average Bonchev–Trinajstić information content (AvgIpc) is 2.36. The van der Waals surface area contributed by atoms with Crippen LogP contribution in [0.15, 0.2) is 36.9 Å². The monoisotopic (exact) mass is 246 g/mol. The Bertz CT molecular complexity index is 436. The highest BCUT2D eigenvalue weighted by Crippen LogP contribution is 2.16. The molecule has 0 fully saturated rings. The molecule has 0 saturated heterocycles. The van der Waals surface area contributed by atoms with Gasteiger partial charge in [0.25, 0.3) is 0 Å². The number of nitrogens with one attached hydrogen (secondary N) is 2. The van der Waals surface area contributed by atoms with E-state index in [-0.39, 0.29) is 6.54 Å². The van der Waals surface area contributed by atoms with Crippen LogP contribution in [-0.2, 0) is 9.59 Å². The maximum Gasteiger partial charge on any atom is 0.313 e. The smallest absolute Gasteiger partial charge is 0.313 e. The molecule has 0 unspecified atom stereocenters. The molecule has 1 aromatic carbocycles. The third kappa shape index (κ3) is 4.05. The second-order valence-electron chi connectivity index (χ2n) is 4.23. The lowest BCUT2D eigenvalue weighted by atomic mass is 10.0. The van der Waals surface area contributed by atoms with Crippen molar-refractivity contribution in [3.63, 3.8) is 0 Å². The van der Waals surface area contributed by atoms with E-state index in [1.165, 1.54) is 11.6 Å². The second kappa shape index (κ2) is 6.59. The topological polar surface area (TPSA) is 58.2 Å². The van der Waals surface area contributed by atoms with Gasteiger partial charge in [-0.2, -0.15) is 0 Å². The molecule has 2 N–H and O–H groups in total. The summed E-state index contributed by atoms with van der Waals surface area (Å²) >= 11 is 0. The molecule has 1 aromatic rings. The number of carbonyl (C=O) groups is 2. The lowest BCUT2D eigenvalue weighted by molar-refractivity contribution is -0.136. The van der Waals surface area contributed by atoms with Crippen LogP contribution in [0.2, 0.25) is 0 Å². The number of amides is 2. The quantitative estimate of drug-likeness (QED) is 0.631. The molecule has 96 valence electrons. The molecule has 4 nitrogen and oxygen atoms in total. The van der Waals surface area contributed by atoms with Crippen LogP contribution >= 0.6 is 0 Å². The van der Waals surface area contributed by atoms with Crippen molar-refractivity contribution in [3.8, 4) is 0 Å². The van der Waals surface area contributed by atoms with Crippen molar-refractivity contribution in [1.29, 1.82) is 0 Å². The zero-order chi connectivity index (χ0) is 13.5. The van der Waals surface area contributed by atoms with Gasteiger partial charge in [0.15, 0.2) is 0 Å². The van der Waals surface area contributed by atoms with Gasteiger partial charge in [0.05, 0.1) is 0 Å². The predicted octanol–water partition coefficient (Wildman–Crippen LogP) is 2.05. The summed E-state index contributed by atoms with van der Waals surface area (Å²) in [5.41, 5.74) is 1.79. The van der Waals surface area contributed by atoms with Crippen LogP contribution in [0.5, 0.6) is 0 Å². The Hall–Kier alpha value is -2.10. The Morgan fingerprint density at radius 3 is 2.33 bits per heavy atom. The molecular weight excluding hydrogens is 228 g/mol. The zero-order valence-electron chi connectivity index (χ0n) is 10.7. The van der Waals surface area contributed by atoms with Gasteiger partial charge in [0.1, 0.15) is 0 Å². The molecule has 0 aliphatic carbocycles. The summed E-state index contributed by atoms with van der Waals surface area (Å²) in [5.74, 6) is -0.900. The summed E-state index contributed by atoms with van der Waals surface area (Å²) < 4.78 is 0. The number of hydrogen-bond acceptors (Lipinski definition) is 2. The van der Waals surface area contributed by atoms with Crippen LogP contribution in [0.25, 0.3) is 0 Å². The van der Waals surface area contributed by atoms with E-state index in [9.17, 15) is 9.59 Å². The molecule has 0 radical (unpaired) electrons. The van der Waals surface area contributed by atoms with E-state index in [0.717, 1.165) is 0 Å². The van der Waals surface area contributed by atoms with E-state index in [0.29, 0.717) is 11.6 Å². The average molecular weight is 246 g/mol. The molecule has 4 heteroatoms. The summed E-state index contributed by atoms with van der Waals surface area (Å²) in [5, 5.41) is 4.94. The molecule has 0 saturated carbocycles. The summed E-state index contributed by atoms with van der Waals surface area (Å²) in [6, 6.07) is 7.44. The number of hydrogen-bond donors (Lipinski definition) is 2. The van der Waals surface area contributed by atoms with Crippen LogP contribution < -0.4 is 10.6 Å². The van der Waals surface area contributed by atoms with Gasteiger partial charge < -0.3 is 10.6 Å². The molecule has 0 aliphatic heterocycles. The van der Waals surface area contributed by atoms with E-state index in [1.54, 1.807) is 12.1 Å².